The van der Waals surface area contributed by atoms with Crippen LogP contribution >= 0.6 is 0 Å². The van der Waals surface area contributed by atoms with Crippen LogP contribution in [0.15, 0.2) is 12.4 Å². The van der Waals surface area contributed by atoms with Crippen LogP contribution in [0.25, 0.3) is 0 Å². The van der Waals surface area contributed by atoms with Gasteiger partial charge in [0.05, 0.1) is 12.5 Å². The van der Waals surface area contributed by atoms with Crippen LogP contribution in [0, 0.1) is 5.92 Å². The molecule has 82 valence electrons. The van der Waals surface area contributed by atoms with Gasteiger partial charge in [-0.3, -0.25) is 4.79 Å². The van der Waals surface area contributed by atoms with Gasteiger partial charge in [-0.05, 0) is 0 Å². The Kier molecular flexibility index (Phi) is 2.73. The fraction of sp³-hybridized carbons (Fsp3) is 0.600. The zero-order valence-electron chi connectivity index (χ0n) is 9.10. The van der Waals surface area contributed by atoms with Crippen molar-refractivity contribution in [1.82, 2.24) is 19.8 Å². The fourth-order valence-electron chi connectivity index (χ4n) is 1.61. The van der Waals surface area contributed by atoms with E-state index in [4.69, 9.17) is 0 Å². The predicted octanol–water partition coefficient (Wildman–Crippen LogP) is -0.402. The van der Waals surface area contributed by atoms with Gasteiger partial charge in [0, 0.05) is 39.6 Å². The van der Waals surface area contributed by atoms with Crippen LogP contribution < -0.4 is 5.32 Å². The van der Waals surface area contributed by atoms with E-state index in [1.807, 2.05) is 24.9 Å². The number of imidazole rings is 1. The second-order valence-corrected chi connectivity index (χ2v) is 4.00. The molecule has 1 N–H and O–H groups in total. The van der Waals surface area contributed by atoms with E-state index in [1.54, 1.807) is 11.1 Å². The first kappa shape index (κ1) is 10.2. The number of carbonyl (C=O) groups is 1. The highest BCUT2D eigenvalue weighted by Crippen LogP contribution is 2.09. The van der Waals surface area contributed by atoms with Crippen LogP contribution in [0.5, 0.6) is 0 Å². The number of amides is 1. The molecule has 1 aliphatic heterocycles. The lowest BCUT2D eigenvalue weighted by atomic mass is 10.0. The molecule has 2 rings (SSSR count). The molecule has 2 heterocycles. The summed E-state index contributed by atoms with van der Waals surface area (Å²) < 4.78 is 1.93. The van der Waals surface area contributed by atoms with E-state index in [2.05, 4.69) is 10.3 Å². The first-order valence-electron chi connectivity index (χ1n) is 5.10. The van der Waals surface area contributed by atoms with E-state index < -0.39 is 0 Å². The lowest BCUT2D eigenvalue weighted by molar-refractivity contribution is -0.136. The van der Waals surface area contributed by atoms with Gasteiger partial charge in [-0.25, -0.2) is 4.98 Å². The number of carbonyl (C=O) groups excluding carboxylic acids is 1. The molecule has 0 atom stereocenters. The quantitative estimate of drug-likeness (QED) is 0.735. The Balaban J connectivity index is 1.94. The highest BCUT2D eigenvalue weighted by atomic mass is 16.2. The number of rotatable bonds is 3. The molecule has 0 aliphatic carbocycles. The van der Waals surface area contributed by atoms with Crippen molar-refractivity contribution in [3.63, 3.8) is 0 Å². The topological polar surface area (TPSA) is 50.2 Å². The summed E-state index contributed by atoms with van der Waals surface area (Å²) in [5.74, 6) is 1.28. The largest absolute Gasteiger partial charge is 0.338 e. The summed E-state index contributed by atoms with van der Waals surface area (Å²) in [6.07, 6.45) is 3.64. The average molecular weight is 208 g/mol. The summed E-state index contributed by atoms with van der Waals surface area (Å²) in [4.78, 5) is 17.8. The molecule has 15 heavy (non-hydrogen) atoms. The van der Waals surface area contributed by atoms with Gasteiger partial charge in [-0.2, -0.15) is 0 Å². The molecule has 5 heteroatoms. The molecular weight excluding hydrogens is 192 g/mol. The maximum Gasteiger partial charge on any atom is 0.228 e. The standard InChI is InChI=1S/C10H16N4O/c1-13-4-3-12-9(13)7-14(2)10(15)8-5-11-6-8/h3-4,8,11H,5-7H2,1-2H3. The van der Waals surface area contributed by atoms with Gasteiger partial charge in [0.25, 0.3) is 0 Å². The van der Waals surface area contributed by atoms with Gasteiger partial charge in [0.1, 0.15) is 5.82 Å². The molecule has 0 spiro atoms. The first-order chi connectivity index (χ1) is 7.18. The second kappa shape index (κ2) is 4.02. The van der Waals surface area contributed by atoms with Crippen molar-refractivity contribution < 1.29 is 4.79 Å². The number of aryl methyl sites for hydroxylation is 1. The summed E-state index contributed by atoms with van der Waals surface area (Å²) in [6.45, 7) is 2.20. The monoisotopic (exact) mass is 208 g/mol. The number of nitrogens with one attached hydrogen (secondary N) is 1. The molecule has 1 aromatic heterocycles. The average Bonchev–Trinajstić information content (AvgIpc) is 2.49. The second-order valence-electron chi connectivity index (χ2n) is 4.00. The van der Waals surface area contributed by atoms with Gasteiger partial charge in [0.15, 0.2) is 0 Å². The highest BCUT2D eigenvalue weighted by Gasteiger charge is 2.27. The Labute approximate surface area is 89.1 Å². The SMILES string of the molecule is CN(Cc1nccn1C)C(=O)C1CNC1. The van der Waals surface area contributed by atoms with Crippen molar-refractivity contribution in [3.05, 3.63) is 18.2 Å². The zero-order valence-corrected chi connectivity index (χ0v) is 9.10. The molecule has 1 amide bonds. The lowest BCUT2D eigenvalue weighted by Crippen LogP contribution is -2.51. The minimum Gasteiger partial charge on any atom is -0.338 e. The Morgan fingerprint density at radius 1 is 1.73 bits per heavy atom. The zero-order chi connectivity index (χ0) is 10.8. The number of aromatic nitrogens is 2. The summed E-state index contributed by atoms with van der Waals surface area (Å²) in [5, 5.41) is 3.10. The van der Waals surface area contributed by atoms with Crippen LogP contribution in [0.4, 0.5) is 0 Å². The molecule has 1 saturated heterocycles. The van der Waals surface area contributed by atoms with Crippen molar-refractivity contribution in [1.29, 1.82) is 0 Å². The Bertz CT molecular complexity index is 356. The number of hydrogen-bond acceptors (Lipinski definition) is 3. The summed E-state index contributed by atoms with van der Waals surface area (Å²) in [6, 6.07) is 0. The van der Waals surface area contributed by atoms with Gasteiger partial charge < -0.3 is 14.8 Å². The Hall–Kier alpha value is -1.36. The van der Waals surface area contributed by atoms with Crippen molar-refractivity contribution in [2.75, 3.05) is 20.1 Å². The third kappa shape index (κ3) is 2.02. The molecule has 1 aromatic rings. The van der Waals surface area contributed by atoms with Gasteiger partial charge in [-0.15, -0.1) is 0 Å². The molecule has 0 unspecified atom stereocenters. The molecule has 0 bridgehead atoms. The van der Waals surface area contributed by atoms with Crippen molar-refractivity contribution in [3.8, 4) is 0 Å². The third-order valence-corrected chi connectivity index (χ3v) is 2.81. The van der Waals surface area contributed by atoms with Crippen LogP contribution in [-0.2, 0) is 18.4 Å². The third-order valence-electron chi connectivity index (χ3n) is 2.81. The summed E-state index contributed by atoms with van der Waals surface area (Å²) in [7, 11) is 3.76. The van der Waals surface area contributed by atoms with E-state index in [9.17, 15) is 4.79 Å². The normalized spacial score (nSPS) is 16.1. The maximum absolute atomic E-state index is 11.8. The highest BCUT2D eigenvalue weighted by molar-refractivity contribution is 5.79. The molecule has 1 fully saturated rings. The van der Waals surface area contributed by atoms with E-state index in [0.717, 1.165) is 18.9 Å². The molecule has 0 aromatic carbocycles. The van der Waals surface area contributed by atoms with Crippen molar-refractivity contribution in [2.45, 2.75) is 6.54 Å². The first-order valence-corrected chi connectivity index (χ1v) is 5.10. The Morgan fingerprint density at radius 3 is 2.93 bits per heavy atom. The van der Waals surface area contributed by atoms with Crippen LogP contribution in [0.3, 0.4) is 0 Å². The van der Waals surface area contributed by atoms with E-state index >= 15 is 0 Å². The molecule has 0 radical (unpaired) electrons. The molecule has 1 aliphatic rings. The maximum atomic E-state index is 11.8. The predicted molar refractivity (Wildman–Crippen MR) is 56.0 cm³/mol. The number of nitrogens with zero attached hydrogens (tertiary/aromatic N) is 3. The Morgan fingerprint density at radius 2 is 2.47 bits per heavy atom. The molecule has 0 saturated carbocycles. The minimum atomic E-state index is 0.162. The van der Waals surface area contributed by atoms with E-state index in [1.165, 1.54) is 0 Å². The minimum absolute atomic E-state index is 0.162. The van der Waals surface area contributed by atoms with E-state index in [0.29, 0.717) is 6.54 Å². The molecular formula is C10H16N4O. The smallest absolute Gasteiger partial charge is 0.228 e. The van der Waals surface area contributed by atoms with Crippen molar-refractivity contribution in [2.24, 2.45) is 13.0 Å². The summed E-state index contributed by atoms with van der Waals surface area (Å²) in [5.41, 5.74) is 0. The van der Waals surface area contributed by atoms with Gasteiger partial charge >= 0.3 is 0 Å². The van der Waals surface area contributed by atoms with Crippen LogP contribution in [0.1, 0.15) is 5.82 Å². The van der Waals surface area contributed by atoms with Crippen molar-refractivity contribution >= 4 is 5.91 Å². The lowest BCUT2D eigenvalue weighted by Gasteiger charge is -2.30. The number of hydrogen-bond donors (Lipinski definition) is 1. The van der Waals surface area contributed by atoms with Crippen LogP contribution in [-0.4, -0.2) is 40.5 Å². The van der Waals surface area contributed by atoms with Gasteiger partial charge in [-0.1, -0.05) is 0 Å². The summed E-state index contributed by atoms with van der Waals surface area (Å²) >= 11 is 0. The van der Waals surface area contributed by atoms with E-state index in [-0.39, 0.29) is 11.8 Å². The fourth-order valence-corrected chi connectivity index (χ4v) is 1.61. The van der Waals surface area contributed by atoms with Gasteiger partial charge in [0.2, 0.25) is 5.91 Å². The molecule has 5 nitrogen and oxygen atoms in total. The van der Waals surface area contributed by atoms with Crippen LogP contribution in [0.2, 0.25) is 0 Å².